The molecular formula is C10H12NO2+. The van der Waals surface area contributed by atoms with E-state index in [-0.39, 0.29) is 5.97 Å². The van der Waals surface area contributed by atoms with Crippen molar-refractivity contribution in [3.63, 3.8) is 0 Å². The summed E-state index contributed by atoms with van der Waals surface area (Å²) >= 11 is 0. The Morgan fingerprint density at radius 3 is 2.77 bits per heavy atom. The van der Waals surface area contributed by atoms with Gasteiger partial charge >= 0.3 is 5.97 Å². The van der Waals surface area contributed by atoms with Crippen LogP contribution < -0.4 is 4.99 Å². The summed E-state index contributed by atoms with van der Waals surface area (Å²) in [6, 6.07) is 9.43. The van der Waals surface area contributed by atoms with E-state index in [0.717, 1.165) is 5.69 Å². The molecule has 0 amide bonds. The largest absolute Gasteiger partial charge is 0.459 e. The first-order valence-electron chi connectivity index (χ1n) is 4.14. The minimum absolute atomic E-state index is 0.355. The van der Waals surface area contributed by atoms with Crippen LogP contribution in [-0.2, 0) is 9.53 Å². The number of benzene rings is 1. The maximum atomic E-state index is 10.9. The van der Waals surface area contributed by atoms with E-state index in [2.05, 4.69) is 4.99 Å². The number of rotatable bonds is 3. The second-order valence-electron chi connectivity index (χ2n) is 2.41. The third-order valence-corrected chi connectivity index (χ3v) is 1.42. The molecule has 0 aromatic heterocycles. The SMILES string of the molecule is CCOC(=O)C=[NH+]c1ccccc1. The van der Waals surface area contributed by atoms with Crippen LogP contribution in [0.5, 0.6) is 0 Å². The summed E-state index contributed by atoms with van der Waals surface area (Å²) in [6.45, 7) is 2.17. The van der Waals surface area contributed by atoms with E-state index >= 15 is 0 Å². The Morgan fingerprint density at radius 1 is 1.46 bits per heavy atom. The molecule has 3 nitrogen and oxygen atoms in total. The van der Waals surface area contributed by atoms with Gasteiger partial charge in [0.2, 0.25) is 5.69 Å². The molecule has 1 rings (SSSR count). The third-order valence-electron chi connectivity index (χ3n) is 1.42. The van der Waals surface area contributed by atoms with Crippen LogP contribution in [-0.4, -0.2) is 18.8 Å². The number of esters is 1. The van der Waals surface area contributed by atoms with Crippen LogP contribution in [0.2, 0.25) is 0 Å². The van der Waals surface area contributed by atoms with E-state index in [1.165, 1.54) is 6.21 Å². The number of hydrogen-bond acceptors (Lipinski definition) is 2. The van der Waals surface area contributed by atoms with Crippen LogP contribution in [0.3, 0.4) is 0 Å². The lowest BCUT2D eigenvalue weighted by molar-refractivity contribution is -0.347. The number of carbonyl (C=O) groups excluding carboxylic acids is 1. The maximum absolute atomic E-state index is 10.9. The molecular weight excluding hydrogens is 166 g/mol. The number of para-hydroxylation sites is 1. The van der Waals surface area contributed by atoms with Crippen molar-refractivity contribution in [1.29, 1.82) is 0 Å². The lowest BCUT2D eigenvalue weighted by Gasteiger charge is -1.90. The molecule has 3 heteroatoms. The molecule has 1 N–H and O–H groups in total. The van der Waals surface area contributed by atoms with Crippen LogP contribution in [0.15, 0.2) is 30.3 Å². The van der Waals surface area contributed by atoms with E-state index < -0.39 is 0 Å². The lowest BCUT2D eigenvalue weighted by atomic mass is 10.3. The van der Waals surface area contributed by atoms with Crippen LogP contribution in [0.25, 0.3) is 0 Å². The summed E-state index contributed by atoms with van der Waals surface area (Å²) in [5.74, 6) is -0.355. The molecule has 0 aliphatic heterocycles. The summed E-state index contributed by atoms with van der Waals surface area (Å²) in [5.41, 5.74) is 0.871. The van der Waals surface area contributed by atoms with Crippen molar-refractivity contribution < 1.29 is 14.5 Å². The summed E-state index contributed by atoms with van der Waals surface area (Å²) < 4.78 is 4.71. The zero-order valence-electron chi connectivity index (χ0n) is 7.49. The maximum Gasteiger partial charge on any atom is 0.395 e. The highest BCUT2D eigenvalue weighted by molar-refractivity contribution is 6.20. The molecule has 0 aliphatic rings. The average molecular weight is 178 g/mol. The van der Waals surface area contributed by atoms with Gasteiger partial charge < -0.3 is 4.74 Å². The van der Waals surface area contributed by atoms with Gasteiger partial charge in [-0.15, -0.1) is 0 Å². The van der Waals surface area contributed by atoms with E-state index in [1.54, 1.807) is 6.92 Å². The van der Waals surface area contributed by atoms with E-state index in [9.17, 15) is 4.79 Å². The summed E-state index contributed by atoms with van der Waals surface area (Å²) in [4.78, 5) is 13.7. The quantitative estimate of drug-likeness (QED) is 0.524. The number of ether oxygens (including phenoxy) is 1. The van der Waals surface area contributed by atoms with Gasteiger partial charge in [-0.25, -0.2) is 9.79 Å². The molecule has 0 unspecified atom stereocenters. The molecule has 0 heterocycles. The van der Waals surface area contributed by atoms with Crippen molar-refractivity contribution in [1.82, 2.24) is 0 Å². The van der Waals surface area contributed by atoms with Crippen LogP contribution in [0, 0.1) is 0 Å². The Hall–Kier alpha value is -1.64. The van der Waals surface area contributed by atoms with Gasteiger partial charge in [-0.2, -0.15) is 0 Å². The number of nitrogens with one attached hydrogen (secondary N) is 1. The van der Waals surface area contributed by atoms with Crippen molar-refractivity contribution in [2.45, 2.75) is 6.92 Å². The molecule has 68 valence electrons. The van der Waals surface area contributed by atoms with Gasteiger partial charge in [-0.3, -0.25) is 0 Å². The second-order valence-corrected chi connectivity index (χ2v) is 2.41. The lowest BCUT2D eigenvalue weighted by Crippen LogP contribution is -2.63. The molecule has 13 heavy (non-hydrogen) atoms. The highest BCUT2D eigenvalue weighted by Gasteiger charge is 1.99. The Morgan fingerprint density at radius 2 is 2.15 bits per heavy atom. The minimum Gasteiger partial charge on any atom is -0.459 e. The van der Waals surface area contributed by atoms with Crippen molar-refractivity contribution in [2.75, 3.05) is 6.61 Å². The first-order chi connectivity index (χ1) is 6.33. The van der Waals surface area contributed by atoms with Crippen molar-refractivity contribution >= 4 is 17.9 Å². The van der Waals surface area contributed by atoms with Crippen molar-refractivity contribution in [3.8, 4) is 0 Å². The van der Waals surface area contributed by atoms with Gasteiger partial charge in [0.15, 0.2) is 0 Å². The van der Waals surface area contributed by atoms with Gasteiger partial charge in [0.25, 0.3) is 6.21 Å². The molecule has 0 atom stereocenters. The monoisotopic (exact) mass is 178 g/mol. The second kappa shape index (κ2) is 5.09. The molecule has 0 bridgehead atoms. The van der Waals surface area contributed by atoms with Gasteiger partial charge in [0.1, 0.15) is 0 Å². The molecule has 0 fully saturated rings. The summed E-state index contributed by atoms with van der Waals surface area (Å²) in [5, 5.41) is 0. The predicted molar refractivity (Wildman–Crippen MR) is 49.8 cm³/mol. The minimum atomic E-state index is -0.355. The fraction of sp³-hybridized carbons (Fsp3) is 0.200. The fourth-order valence-corrected chi connectivity index (χ4v) is 0.861. The van der Waals surface area contributed by atoms with Gasteiger partial charge in [-0.05, 0) is 6.92 Å². The standard InChI is InChI=1S/C10H11NO2/c1-2-13-10(12)8-11-9-6-4-3-5-7-9/h3-8H,2H2,1H3/p+1. The van der Waals surface area contributed by atoms with E-state index in [4.69, 9.17) is 4.74 Å². The van der Waals surface area contributed by atoms with Gasteiger partial charge in [0, 0.05) is 12.1 Å². The van der Waals surface area contributed by atoms with E-state index in [0.29, 0.717) is 6.61 Å². The molecule has 1 aromatic rings. The predicted octanol–water partition coefficient (Wildman–Crippen LogP) is 0.0326. The number of carbonyl (C=O) groups is 1. The van der Waals surface area contributed by atoms with Gasteiger partial charge in [0.05, 0.1) is 6.61 Å². The first kappa shape index (κ1) is 9.45. The normalized spacial score (nSPS) is 10.2. The third kappa shape index (κ3) is 3.51. The average Bonchev–Trinajstić information content (AvgIpc) is 2.17. The van der Waals surface area contributed by atoms with Crippen LogP contribution in [0.1, 0.15) is 6.92 Å². The Labute approximate surface area is 77.1 Å². The summed E-state index contributed by atoms with van der Waals surface area (Å²) in [7, 11) is 0. The molecule has 0 radical (unpaired) electrons. The molecule has 0 spiro atoms. The first-order valence-corrected chi connectivity index (χ1v) is 4.14. The Balaban J connectivity index is 2.54. The zero-order valence-corrected chi connectivity index (χ0v) is 7.49. The molecule has 1 aromatic carbocycles. The van der Waals surface area contributed by atoms with Crippen molar-refractivity contribution in [2.24, 2.45) is 0 Å². The molecule has 0 saturated carbocycles. The Kier molecular flexibility index (Phi) is 3.70. The van der Waals surface area contributed by atoms with Gasteiger partial charge in [-0.1, -0.05) is 18.2 Å². The summed E-state index contributed by atoms with van der Waals surface area (Å²) in [6.07, 6.45) is 1.30. The molecule has 0 saturated heterocycles. The van der Waals surface area contributed by atoms with Crippen LogP contribution in [0.4, 0.5) is 5.69 Å². The number of hydrogen-bond donors (Lipinski definition) is 1. The highest BCUT2D eigenvalue weighted by atomic mass is 16.5. The van der Waals surface area contributed by atoms with E-state index in [1.807, 2.05) is 30.3 Å². The highest BCUT2D eigenvalue weighted by Crippen LogP contribution is 1.94. The smallest absolute Gasteiger partial charge is 0.395 e. The van der Waals surface area contributed by atoms with Crippen molar-refractivity contribution in [3.05, 3.63) is 30.3 Å². The topological polar surface area (TPSA) is 40.3 Å². The fourth-order valence-electron chi connectivity index (χ4n) is 0.861. The molecule has 0 aliphatic carbocycles. The van der Waals surface area contributed by atoms with Crippen LogP contribution >= 0.6 is 0 Å². The zero-order chi connectivity index (χ0) is 9.52. The Bertz CT molecular complexity index is 293.